The summed E-state index contributed by atoms with van der Waals surface area (Å²) in [5.41, 5.74) is 6.84. The first-order valence-electron chi connectivity index (χ1n) is 6.34. The normalized spacial score (nSPS) is 11.1. The molecule has 0 spiro atoms. The molecule has 1 rings (SSSR count). The summed E-state index contributed by atoms with van der Waals surface area (Å²) >= 11 is 0. The molecule has 0 radical (unpaired) electrons. The summed E-state index contributed by atoms with van der Waals surface area (Å²) in [6, 6.07) is 5.46. The van der Waals surface area contributed by atoms with E-state index in [4.69, 9.17) is 5.73 Å². The van der Waals surface area contributed by atoms with E-state index < -0.39 is 0 Å². The number of nitrogens with zero attached hydrogens (tertiary/aromatic N) is 1. The van der Waals surface area contributed by atoms with Crippen LogP contribution in [0, 0.1) is 5.82 Å². The molecule has 0 aliphatic carbocycles. The van der Waals surface area contributed by atoms with Crippen molar-refractivity contribution in [1.82, 2.24) is 4.90 Å². The Balaban J connectivity index is 2.55. The average Bonchev–Trinajstić information content (AvgIpc) is 2.32. The molecule has 0 aromatic heterocycles. The highest BCUT2D eigenvalue weighted by molar-refractivity contribution is 5.25. The van der Waals surface area contributed by atoms with Crippen LogP contribution in [0.15, 0.2) is 18.2 Å². The smallest absolute Gasteiger partial charge is 0.132 e. The molecule has 0 atom stereocenters. The first kappa shape index (κ1) is 14.1. The number of halogens is 1. The first-order chi connectivity index (χ1) is 8.19. The van der Waals surface area contributed by atoms with E-state index in [1.165, 1.54) is 19.3 Å². The van der Waals surface area contributed by atoms with Gasteiger partial charge in [0.2, 0.25) is 0 Å². The molecule has 0 amide bonds. The van der Waals surface area contributed by atoms with Crippen LogP contribution in [0.1, 0.15) is 37.3 Å². The summed E-state index contributed by atoms with van der Waals surface area (Å²) in [6.07, 6.45) is 3.62. The first-order valence-corrected chi connectivity index (χ1v) is 6.34. The van der Waals surface area contributed by atoms with Gasteiger partial charge in [-0.2, -0.15) is 0 Å². The molecule has 96 valence electrons. The molecule has 0 aliphatic heterocycles. The van der Waals surface area contributed by atoms with Crippen LogP contribution < -0.4 is 5.73 Å². The molecule has 0 unspecified atom stereocenters. The lowest BCUT2D eigenvalue weighted by Gasteiger charge is -2.17. The molecule has 17 heavy (non-hydrogen) atoms. The van der Waals surface area contributed by atoms with E-state index in [-0.39, 0.29) is 12.4 Å². The van der Waals surface area contributed by atoms with Crippen LogP contribution >= 0.6 is 0 Å². The zero-order valence-electron chi connectivity index (χ0n) is 10.9. The fourth-order valence-corrected chi connectivity index (χ4v) is 1.91. The van der Waals surface area contributed by atoms with Crippen molar-refractivity contribution < 1.29 is 4.39 Å². The fourth-order valence-electron chi connectivity index (χ4n) is 1.91. The lowest BCUT2D eigenvalue weighted by Crippen LogP contribution is -2.20. The maximum Gasteiger partial charge on any atom is 0.132 e. The molecular weight excluding hydrogens is 215 g/mol. The van der Waals surface area contributed by atoms with Gasteiger partial charge in [0.15, 0.2) is 0 Å². The SMILES string of the molecule is CCCCCN(C)Cc1cccc(CN)c1F. The minimum atomic E-state index is -0.141. The second-order valence-corrected chi connectivity index (χ2v) is 4.54. The van der Waals surface area contributed by atoms with E-state index in [1.807, 2.05) is 19.2 Å². The van der Waals surface area contributed by atoms with Crippen molar-refractivity contribution in [3.63, 3.8) is 0 Å². The average molecular weight is 238 g/mol. The van der Waals surface area contributed by atoms with Crippen molar-refractivity contribution in [2.75, 3.05) is 13.6 Å². The molecule has 0 bridgehead atoms. The molecule has 3 heteroatoms. The third kappa shape index (κ3) is 4.44. The molecule has 1 aromatic rings. The van der Waals surface area contributed by atoms with Gasteiger partial charge in [-0.25, -0.2) is 4.39 Å². The van der Waals surface area contributed by atoms with Crippen LogP contribution in [0.5, 0.6) is 0 Å². The quantitative estimate of drug-likeness (QED) is 0.740. The predicted molar refractivity (Wildman–Crippen MR) is 70.2 cm³/mol. The Kier molecular flexibility index (Phi) is 6.16. The fraction of sp³-hybridized carbons (Fsp3) is 0.571. The summed E-state index contributed by atoms with van der Waals surface area (Å²) in [6.45, 7) is 4.12. The van der Waals surface area contributed by atoms with E-state index in [2.05, 4.69) is 11.8 Å². The van der Waals surface area contributed by atoms with E-state index in [9.17, 15) is 4.39 Å². The van der Waals surface area contributed by atoms with Gasteiger partial charge in [0, 0.05) is 24.2 Å². The number of unbranched alkanes of at least 4 members (excludes halogenated alkanes) is 2. The van der Waals surface area contributed by atoms with Gasteiger partial charge in [0.25, 0.3) is 0 Å². The number of rotatable bonds is 7. The molecule has 0 heterocycles. The monoisotopic (exact) mass is 238 g/mol. The maximum absolute atomic E-state index is 13.9. The minimum Gasteiger partial charge on any atom is -0.326 e. The number of hydrogen-bond donors (Lipinski definition) is 1. The van der Waals surface area contributed by atoms with Crippen LogP contribution in [-0.4, -0.2) is 18.5 Å². The molecule has 2 N–H and O–H groups in total. The zero-order chi connectivity index (χ0) is 12.7. The van der Waals surface area contributed by atoms with E-state index >= 15 is 0 Å². The second kappa shape index (κ2) is 7.41. The number of nitrogens with two attached hydrogens (primary N) is 1. The van der Waals surface area contributed by atoms with E-state index in [0.29, 0.717) is 12.1 Å². The van der Waals surface area contributed by atoms with Crippen molar-refractivity contribution in [1.29, 1.82) is 0 Å². The maximum atomic E-state index is 13.9. The van der Waals surface area contributed by atoms with Gasteiger partial charge in [-0.05, 0) is 20.0 Å². The Morgan fingerprint density at radius 3 is 2.59 bits per heavy atom. The number of hydrogen-bond acceptors (Lipinski definition) is 2. The van der Waals surface area contributed by atoms with Gasteiger partial charge in [-0.1, -0.05) is 38.0 Å². The van der Waals surface area contributed by atoms with Crippen molar-refractivity contribution in [3.05, 3.63) is 35.1 Å². The summed E-state index contributed by atoms with van der Waals surface area (Å²) in [4.78, 5) is 2.16. The van der Waals surface area contributed by atoms with E-state index in [0.717, 1.165) is 12.1 Å². The molecule has 0 fully saturated rings. The van der Waals surface area contributed by atoms with Crippen LogP contribution in [0.3, 0.4) is 0 Å². The summed E-state index contributed by atoms with van der Waals surface area (Å²) in [5, 5.41) is 0. The Hall–Kier alpha value is -0.930. The van der Waals surface area contributed by atoms with Crippen LogP contribution in [0.4, 0.5) is 4.39 Å². The Labute approximate surface area is 104 Å². The van der Waals surface area contributed by atoms with Gasteiger partial charge >= 0.3 is 0 Å². The minimum absolute atomic E-state index is 0.141. The van der Waals surface area contributed by atoms with Gasteiger partial charge < -0.3 is 10.6 Å². The summed E-state index contributed by atoms with van der Waals surface area (Å²) < 4.78 is 13.9. The lowest BCUT2D eigenvalue weighted by molar-refractivity contribution is 0.312. The predicted octanol–water partition coefficient (Wildman–Crippen LogP) is 2.91. The molecule has 0 saturated carbocycles. The summed E-state index contributed by atoms with van der Waals surface area (Å²) in [7, 11) is 2.03. The highest BCUT2D eigenvalue weighted by Crippen LogP contribution is 2.14. The van der Waals surface area contributed by atoms with Crippen molar-refractivity contribution in [2.24, 2.45) is 5.73 Å². The molecule has 0 aliphatic rings. The van der Waals surface area contributed by atoms with Gasteiger partial charge in [0.1, 0.15) is 5.82 Å². The van der Waals surface area contributed by atoms with Crippen LogP contribution in [0.2, 0.25) is 0 Å². The van der Waals surface area contributed by atoms with Crippen LogP contribution in [-0.2, 0) is 13.1 Å². The highest BCUT2D eigenvalue weighted by atomic mass is 19.1. The van der Waals surface area contributed by atoms with Crippen molar-refractivity contribution >= 4 is 0 Å². The zero-order valence-corrected chi connectivity index (χ0v) is 10.9. The lowest BCUT2D eigenvalue weighted by atomic mass is 10.1. The molecule has 2 nitrogen and oxygen atoms in total. The third-order valence-corrected chi connectivity index (χ3v) is 2.96. The standard InChI is InChI=1S/C14H23FN2/c1-3-4-5-9-17(2)11-13-8-6-7-12(10-16)14(13)15/h6-8H,3-5,9-11,16H2,1-2H3. The second-order valence-electron chi connectivity index (χ2n) is 4.54. The van der Waals surface area contributed by atoms with Crippen LogP contribution in [0.25, 0.3) is 0 Å². The highest BCUT2D eigenvalue weighted by Gasteiger charge is 2.08. The molecular formula is C14H23FN2. The topological polar surface area (TPSA) is 29.3 Å². The van der Waals surface area contributed by atoms with Gasteiger partial charge in [-0.3, -0.25) is 0 Å². The molecule has 0 saturated heterocycles. The Morgan fingerprint density at radius 2 is 1.94 bits per heavy atom. The van der Waals surface area contributed by atoms with Crippen molar-refractivity contribution in [2.45, 2.75) is 39.3 Å². The van der Waals surface area contributed by atoms with E-state index in [1.54, 1.807) is 6.07 Å². The summed E-state index contributed by atoms with van der Waals surface area (Å²) in [5.74, 6) is -0.141. The van der Waals surface area contributed by atoms with Gasteiger partial charge in [0.05, 0.1) is 0 Å². The Morgan fingerprint density at radius 1 is 1.24 bits per heavy atom. The largest absolute Gasteiger partial charge is 0.326 e. The number of benzene rings is 1. The van der Waals surface area contributed by atoms with Gasteiger partial charge in [-0.15, -0.1) is 0 Å². The Bertz CT molecular complexity index is 339. The molecule has 1 aromatic carbocycles. The third-order valence-electron chi connectivity index (χ3n) is 2.96. The van der Waals surface area contributed by atoms with Crippen molar-refractivity contribution in [3.8, 4) is 0 Å².